The number of nitrogens with zero attached hydrogens (tertiary/aromatic N) is 2. The monoisotopic (exact) mass is 651 g/mol. The molecule has 13 heteroatoms. The summed E-state index contributed by atoms with van der Waals surface area (Å²) in [6.45, 7) is 10.3. The third-order valence-electron chi connectivity index (χ3n) is 7.17. The summed E-state index contributed by atoms with van der Waals surface area (Å²) in [5.41, 5.74) is 0.0487. The molecule has 1 fully saturated rings. The standard InChI is InChI=1S/C32H46FN3O8S/c1-22(2)36(30(37)24-11-14-28(42-7)29(17-24)43-16-8-15-41-6)19-25-18-35(31(38)44-32(3,4)5)20-27(25)34-45(39,40)21-23-9-12-26(33)13-10-23/h9-14,17,22,25,27,34H,8,15-16,18-21H2,1-7H3. The lowest BCUT2D eigenvalue weighted by atomic mass is 10.0. The molecule has 2 amide bonds. The van der Waals surface area contributed by atoms with Crippen molar-refractivity contribution < 1.29 is 41.3 Å². The van der Waals surface area contributed by atoms with Crippen molar-refractivity contribution in [3.63, 3.8) is 0 Å². The van der Waals surface area contributed by atoms with Gasteiger partial charge < -0.3 is 28.7 Å². The minimum Gasteiger partial charge on any atom is -0.493 e. The fourth-order valence-electron chi connectivity index (χ4n) is 4.99. The van der Waals surface area contributed by atoms with Crippen molar-refractivity contribution in [2.75, 3.05) is 47.1 Å². The molecular formula is C32H46FN3O8S. The third kappa shape index (κ3) is 10.9. The van der Waals surface area contributed by atoms with Gasteiger partial charge in [0, 0.05) is 63.3 Å². The van der Waals surface area contributed by atoms with Crippen molar-refractivity contribution in [3.05, 3.63) is 59.4 Å². The number of rotatable bonds is 14. The fourth-order valence-corrected chi connectivity index (χ4v) is 6.44. The summed E-state index contributed by atoms with van der Waals surface area (Å²) < 4.78 is 64.5. The molecule has 3 rings (SSSR count). The highest BCUT2D eigenvalue weighted by Gasteiger charge is 2.41. The van der Waals surface area contributed by atoms with Gasteiger partial charge in [0.25, 0.3) is 5.91 Å². The average molecular weight is 652 g/mol. The number of likely N-dealkylation sites (tertiary alicyclic amines) is 1. The summed E-state index contributed by atoms with van der Waals surface area (Å²) in [5, 5.41) is 0. The van der Waals surface area contributed by atoms with Gasteiger partial charge in [0.2, 0.25) is 10.0 Å². The number of benzene rings is 2. The second-order valence-corrected chi connectivity index (χ2v) is 14.1. The zero-order valence-corrected chi connectivity index (χ0v) is 28.0. The third-order valence-corrected chi connectivity index (χ3v) is 8.55. The van der Waals surface area contributed by atoms with Crippen LogP contribution in [0.1, 0.15) is 57.0 Å². The van der Waals surface area contributed by atoms with Gasteiger partial charge in [-0.3, -0.25) is 4.79 Å². The Morgan fingerprint density at radius 2 is 1.73 bits per heavy atom. The highest BCUT2D eigenvalue weighted by Crippen LogP contribution is 2.30. The predicted octanol–water partition coefficient (Wildman–Crippen LogP) is 4.46. The van der Waals surface area contributed by atoms with Crippen LogP contribution < -0.4 is 14.2 Å². The van der Waals surface area contributed by atoms with Crippen molar-refractivity contribution in [2.24, 2.45) is 5.92 Å². The fraction of sp³-hybridized carbons (Fsp3) is 0.562. The van der Waals surface area contributed by atoms with Gasteiger partial charge in [-0.15, -0.1) is 0 Å². The van der Waals surface area contributed by atoms with Crippen LogP contribution in [0.3, 0.4) is 0 Å². The van der Waals surface area contributed by atoms with E-state index in [2.05, 4.69) is 4.72 Å². The Hall–Kier alpha value is -3.42. The molecule has 11 nitrogen and oxygen atoms in total. The van der Waals surface area contributed by atoms with E-state index in [4.69, 9.17) is 18.9 Å². The molecule has 1 heterocycles. The van der Waals surface area contributed by atoms with Crippen LogP contribution in [-0.2, 0) is 25.2 Å². The van der Waals surface area contributed by atoms with Crippen LogP contribution in [0.4, 0.5) is 9.18 Å². The molecule has 2 atom stereocenters. The van der Waals surface area contributed by atoms with E-state index in [0.29, 0.717) is 42.3 Å². The first kappa shape index (κ1) is 36.1. The summed E-state index contributed by atoms with van der Waals surface area (Å²) >= 11 is 0. The Morgan fingerprint density at radius 1 is 1.04 bits per heavy atom. The van der Waals surface area contributed by atoms with Crippen LogP contribution in [0.15, 0.2) is 42.5 Å². The molecule has 1 aliphatic rings. The quantitative estimate of drug-likeness (QED) is 0.297. The molecule has 0 spiro atoms. The summed E-state index contributed by atoms with van der Waals surface area (Å²) in [5.74, 6) is -0.651. The van der Waals surface area contributed by atoms with Crippen molar-refractivity contribution in [2.45, 2.75) is 64.5 Å². The van der Waals surface area contributed by atoms with Gasteiger partial charge in [0.15, 0.2) is 11.5 Å². The maximum Gasteiger partial charge on any atom is 0.410 e. The first-order chi connectivity index (χ1) is 21.1. The van der Waals surface area contributed by atoms with Crippen molar-refractivity contribution in [1.82, 2.24) is 14.5 Å². The van der Waals surface area contributed by atoms with Crippen LogP contribution >= 0.6 is 0 Å². The number of methoxy groups -OCH3 is 2. The molecule has 1 aliphatic heterocycles. The highest BCUT2D eigenvalue weighted by atomic mass is 32.2. The Labute approximate surface area is 266 Å². The molecule has 0 radical (unpaired) electrons. The minimum atomic E-state index is -3.90. The molecule has 45 heavy (non-hydrogen) atoms. The SMILES string of the molecule is COCCCOc1cc(C(=O)N(CC2CN(C(=O)OC(C)(C)C)CC2NS(=O)(=O)Cc2ccc(F)cc2)C(C)C)ccc1OC. The van der Waals surface area contributed by atoms with Crippen molar-refractivity contribution in [1.29, 1.82) is 0 Å². The molecule has 0 bridgehead atoms. The summed E-state index contributed by atoms with van der Waals surface area (Å²) in [7, 11) is -0.766. The molecule has 1 saturated heterocycles. The second-order valence-electron chi connectivity index (χ2n) is 12.4. The normalized spacial score (nSPS) is 17.0. The van der Waals surface area contributed by atoms with E-state index < -0.39 is 39.5 Å². The van der Waals surface area contributed by atoms with Crippen molar-refractivity contribution in [3.8, 4) is 11.5 Å². The van der Waals surface area contributed by atoms with Gasteiger partial charge in [0.05, 0.1) is 19.5 Å². The maximum absolute atomic E-state index is 13.9. The average Bonchev–Trinajstić information content (AvgIpc) is 3.35. The van der Waals surface area contributed by atoms with E-state index in [9.17, 15) is 22.4 Å². The minimum absolute atomic E-state index is 0.0599. The second kappa shape index (κ2) is 15.7. The summed E-state index contributed by atoms with van der Waals surface area (Å²) in [6.07, 6.45) is 0.0881. The Morgan fingerprint density at radius 3 is 2.33 bits per heavy atom. The van der Waals surface area contributed by atoms with Crippen LogP contribution in [0, 0.1) is 11.7 Å². The lowest BCUT2D eigenvalue weighted by Crippen LogP contribution is -2.47. The summed E-state index contributed by atoms with van der Waals surface area (Å²) in [4.78, 5) is 30.0. The van der Waals surface area contributed by atoms with Gasteiger partial charge in [-0.05, 0) is 70.5 Å². The Balaban J connectivity index is 1.85. The van der Waals surface area contributed by atoms with Gasteiger partial charge in [0.1, 0.15) is 11.4 Å². The van der Waals surface area contributed by atoms with Gasteiger partial charge >= 0.3 is 6.09 Å². The number of nitrogens with one attached hydrogen (secondary N) is 1. The molecule has 0 aromatic heterocycles. The number of amides is 2. The lowest BCUT2D eigenvalue weighted by Gasteiger charge is -2.31. The highest BCUT2D eigenvalue weighted by molar-refractivity contribution is 7.88. The number of hydrogen-bond acceptors (Lipinski definition) is 8. The van der Waals surface area contributed by atoms with Crippen LogP contribution in [0.25, 0.3) is 0 Å². The van der Waals surface area contributed by atoms with Gasteiger partial charge in [-0.2, -0.15) is 0 Å². The molecule has 0 saturated carbocycles. The molecule has 2 aromatic carbocycles. The number of ether oxygens (including phenoxy) is 4. The Bertz CT molecular complexity index is 1400. The molecule has 2 unspecified atom stereocenters. The maximum atomic E-state index is 13.9. The molecule has 2 aromatic rings. The zero-order valence-electron chi connectivity index (χ0n) is 27.2. The lowest BCUT2D eigenvalue weighted by molar-refractivity contribution is 0.0283. The van der Waals surface area contributed by atoms with Crippen LogP contribution in [-0.4, -0.2) is 95.0 Å². The molecule has 1 N–H and O–H groups in total. The van der Waals surface area contributed by atoms with E-state index in [1.54, 1.807) is 51.0 Å². The van der Waals surface area contributed by atoms with Gasteiger partial charge in [-0.1, -0.05) is 12.1 Å². The Kier molecular flexibility index (Phi) is 12.6. The first-order valence-corrected chi connectivity index (χ1v) is 16.6. The van der Waals surface area contributed by atoms with Gasteiger partial charge in [-0.25, -0.2) is 22.3 Å². The molecule has 250 valence electrons. The van der Waals surface area contributed by atoms with E-state index in [1.165, 1.54) is 36.3 Å². The van der Waals surface area contributed by atoms with E-state index in [-0.39, 0.29) is 37.3 Å². The summed E-state index contributed by atoms with van der Waals surface area (Å²) in [6, 6.07) is 9.24. The van der Waals surface area contributed by atoms with Crippen molar-refractivity contribution >= 4 is 22.0 Å². The van der Waals surface area contributed by atoms with E-state index in [1.807, 2.05) is 13.8 Å². The number of carbonyl (C=O) groups is 2. The first-order valence-electron chi connectivity index (χ1n) is 15.0. The number of carbonyl (C=O) groups excluding carboxylic acids is 2. The number of sulfonamides is 1. The number of halogens is 1. The molecular weight excluding hydrogens is 605 g/mol. The zero-order chi connectivity index (χ0) is 33.4. The van der Waals surface area contributed by atoms with E-state index in [0.717, 1.165) is 0 Å². The number of hydrogen-bond donors (Lipinski definition) is 1. The smallest absolute Gasteiger partial charge is 0.410 e. The van der Waals surface area contributed by atoms with Crippen LogP contribution in [0.5, 0.6) is 11.5 Å². The van der Waals surface area contributed by atoms with Crippen LogP contribution in [0.2, 0.25) is 0 Å². The molecule has 0 aliphatic carbocycles. The predicted molar refractivity (Wildman–Crippen MR) is 168 cm³/mol. The van der Waals surface area contributed by atoms with E-state index >= 15 is 0 Å². The largest absolute Gasteiger partial charge is 0.493 e. The topological polar surface area (TPSA) is 124 Å².